The first-order valence-electron chi connectivity index (χ1n) is 5.83. The van der Waals surface area contributed by atoms with Crippen molar-refractivity contribution in [2.24, 2.45) is 0 Å². The second-order valence-corrected chi connectivity index (χ2v) is 3.90. The van der Waals surface area contributed by atoms with Crippen LogP contribution in [0.1, 0.15) is 5.56 Å². The van der Waals surface area contributed by atoms with Gasteiger partial charge in [0.05, 0.1) is 13.7 Å². The minimum Gasteiger partial charge on any atom is -0.493 e. The zero-order valence-electron chi connectivity index (χ0n) is 11.1. The van der Waals surface area contributed by atoms with Crippen LogP contribution in [0.5, 0.6) is 11.5 Å². The Balaban J connectivity index is 2.77. The van der Waals surface area contributed by atoms with Crippen LogP contribution in [0.2, 0.25) is 0 Å². The van der Waals surface area contributed by atoms with E-state index >= 15 is 0 Å². The van der Waals surface area contributed by atoms with Crippen molar-refractivity contribution >= 4 is 0 Å². The fraction of sp³-hybridized carbons (Fsp3) is 0.538. The zero-order valence-corrected chi connectivity index (χ0v) is 11.1. The Bertz CT molecular complexity index is 357. The molecule has 2 N–H and O–H groups in total. The van der Waals surface area contributed by atoms with Gasteiger partial charge >= 0.3 is 0 Å². The first-order valence-corrected chi connectivity index (χ1v) is 5.83. The fourth-order valence-corrected chi connectivity index (χ4v) is 1.64. The molecular formula is C13H21NO4. The smallest absolute Gasteiger partial charge is 0.165 e. The first-order chi connectivity index (χ1) is 8.72. The Kier molecular flexibility index (Phi) is 6.49. The van der Waals surface area contributed by atoms with E-state index in [-0.39, 0.29) is 13.2 Å². The van der Waals surface area contributed by atoms with Gasteiger partial charge in [0.25, 0.3) is 0 Å². The van der Waals surface area contributed by atoms with Gasteiger partial charge in [-0.1, -0.05) is 12.1 Å². The summed E-state index contributed by atoms with van der Waals surface area (Å²) in [5, 5.41) is 12.7. The van der Waals surface area contributed by atoms with E-state index in [4.69, 9.17) is 14.2 Å². The lowest BCUT2D eigenvalue weighted by Gasteiger charge is -2.17. The maximum Gasteiger partial charge on any atom is 0.165 e. The molecule has 1 unspecified atom stereocenters. The molecule has 0 bridgehead atoms. The molecule has 0 aliphatic carbocycles. The van der Waals surface area contributed by atoms with Crippen molar-refractivity contribution in [2.75, 3.05) is 34.5 Å². The lowest BCUT2D eigenvalue weighted by atomic mass is 10.2. The Morgan fingerprint density at radius 1 is 1.28 bits per heavy atom. The van der Waals surface area contributed by atoms with Crippen LogP contribution in [0.4, 0.5) is 0 Å². The van der Waals surface area contributed by atoms with Gasteiger partial charge in [-0.25, -0.2) is 0 Å². The summed E-state index contributed by atoms with van der Waals surface area (Å²) in [6.07, 6.45) is -0.651. The Hall–Kier alpha value is -1.30. The summed E-state index contributed by atoms with van der Waals surface area (Å²) < 4.78 is 15.7. The fourth-order valence-electron chi connectivity index (χ4n) is 1.64. The van der Waals surface area contributed by atoms with E-state index in [1.807, 2.05) is 25.2 Å². The molecule has 0 amide bonds. The SMILES string of the molecule is CNCc1cccc(OC)c1OCC(O)COC. The first kappa shape index (κ1) is 14.8. The minimum absolute atomic E-state index is 0.172. The minimum atomic E-state index is -0.651. The summed E-state index contributed by atoms with van der Waals surface area (Å²) in [7, 11) is 5.00. The summed E-state index contributed by atoms with van der Waals surface area (Å²) in [6, 6.07) is 5.69. The quantitative estimate of drug-likeness (QED) is 0.719. The van der Waals surface area contributed by atoms with Gasteiger partial charge in [-0.2, -0.15) is 0 Å². The number of rotatable bonds is 8. The van der Waals surface area contributed by atoms with Gasteiger partial charge in [0.1, 0.15) is 12.7 Å². The van der Waals surface area contributed by atoms with Crippen LogP contribution in [-0.2, 0) is 11.3 Å². The predicted octanol–water partition coefficient (Wildman–Crippen LogP) is 0.801. The lowest BCUT2D eigenvalue weighted by molar-refractivity contribution is 0.0316. The Morgan fingerprint density at radius 2 is 2.06 bits per heavy atom. The standard InChI is InChI=1S/C13H21NO4/c1-14-7-10-5-4-6-12(17-3)13(10)18-9-11(15)8-16-2/h4-6,11,14-15H,7-9H2,1-3H3. The highest BCUT2D eigenvalue weighted by Gasteiger charge is 2.12. The normalized spacial score (nSPS) is 12.2. The van der Waals surface area contributed by atoms with Gasteiger partial charge in [-0.05, 0) is 13.1 Å². The van der Waals surface area contributed by atoms with Crippen LogP contribution in [-0.4, -0.2) is 45.7 Å². The molecule has 0 saturated carbocycles. The lowest BCUT2D eigenvalue weighted by Crippen LogP contribution is -2.23. The summed E-state index contributed by atoms with van der Waals surface area (Å²) in [4.78, 5) is 0. The predicted molar refractivity (Wildman–Crippen MR) is 69.1 cm³/mol. The van der Waals surface area contributed by atoms with Gasteiger partial charge in [-0.3, -0.25) is 0 Å². The third-order valence-electron chi connectivity index (χ3n) is 2.43. The molecule has 0 aliphatic heterocycles. The van der Waals surface area contributed by atoms with Crippen molar-refractivity contribution in [3.63, 3.8) is 0 Å². The number of aliphatic hydroxyl groups is 1. The van der Waals surface area contributed by atoms with Crippen molar-refractivity contribution in [3.05, 3.63) is 23.8 Å². The molecule has 0 radical (unpaired) electrons. The number of benzene rings is 1. The second kappa shape index (κ2) is 7.92. The average molecular weight is 255 g/mol. The van der Waals surface area contributed by atoms with Crippen molar-refractivity contribution in [1.29, 1.82) is 0 Å². The zero-order chi connectivity index (χ0) is 13.4. The molecule has 1 aromatic carbocycles. The van der Waals surface area contributed by atoms with Crippen molar-refractivity contribution in [1.82, 2.24) is 5.32 Å². The molecule has 1 aromatic rings. The van der Waals surface area contributed by atoms with Crippen LogP contribution < -0.4 is 14.8 Å². The van der Waals surface area contributed by atoms with Gasteiger partial charge in [0, 0.05) is 19.2 Å². The molecule has 5 heteroatoms. The van der Waals surface area contributed by atoms with Crippen LogP contribution in [0, 0.1) is 0 Å². The molecule has 5 nitrogen and oxygen atoms in total. The molecule has 0 spiro atoms. The summed E-state index contributed by atoms with van der Waals surface area (Å²) >= 11 is 0. The largest absolute Gasteiger partial charge is 0.493 e. The average Bonchev–Trinajstić information content (AvgIpc) is 2.37. The third-order valence-corrected chi connectivity index (χ3v) is 2.43. The van der Waals surface area contributed by atoms with E-state index in [0.29, 0.717) is 18.0 Å². The van der Waals surface area contributed by atoms with E-state index in [0.717, 1.165) is 5.56 Å². The van der Waals surface area contributed by atoms with Crippen LogP contribution in [0.3, 0.4) is 0 Å². The summed E-state index contributed by atoms with van der Waals surface area (Å²) in [6.45, 7) is 1.09. The number of hydrogen-bond donors (Lipinski definition) is 2. The van der Waals surface area contributed by atoms with Gasteiger partial charge < -0.3 is 24.6 Å². The van der Waals surface area contributed by atoms with Gasteiger partial charge in [0.15, 0.2) is 11.5 Å². The molecule has 18 heavy (non-hydrogen) atoms. The van der Waals surface area contributed by atoms with E-state index in [1.165, 1.54) is 0 Å². The van der Waals surface area contributed by atoms with E-state index in [2.05, 4.69) is 5.32 Å². The van der Waals surface area contributed by atoms with Crippen molar-refractivity contribution in [2.45, 2.75) is 12.6 Å². The number of ether oxygens (including phenoxy) is 3. The van der Waals surface area contributed by atoms with Gasteiger partial charge in [-0.15, -0.1) is 0 Å². The highest BCUT2D eigenvalue weighted by atomic mass is 16.5. The third kappa shape index (κ3) is 4.18. The number of aliphatic hydroxyl groups excluding tert-OH is 1. The van der Waals surface area contributed by atoms with Crippen molar-refractivity contribution in [3.8, 4) is 11.5 Å². The summed E-state index contributed by atoms with van der Waals surface area (Å²) in [5.74, 6) is 1.32. The van der Waals surface area contributed by atoms with Crippen LogP contribution in [0.15, 0.2) is 18.2 Å². The monoisotopic (exact) mass is 255 g/mol. The maximum absolute atomic E-state index is 9.59. The molecule has 0 heterocycles. The van der Waals surface area contributed by atoms with Crippen molar-refractivity contribution < 1.29 is 19.3 Å². The molecule has 0 fully saturated rings. The Labute approximate surface area is 108 Å². The summed E-state index contributed by atoms with van der Waals surface area (Å²) in [5.41, 5.74) is 0.987. The van der Waals surface area contributed by atoms with E-state index in [1.54, 1.807) is 14.2 Å². The number of hydrogen-bond acceptors (Lipinski definition) is 5. The topological polar surface area (TPSA) is 60.0 Å². The molecule has 0 aliphatic rings. The Morgan fingerprint density at radius 3 is 2.67 bits per heavy atom. The highest BCUT2D eigenvalue weighted by molar-refractivity contribution is 5.46. The number of methoxy groups -OCH3 is 2. The second-order valence-electron chi connectivity index (χ2n) is 3.90. The highest BCUT2D eigenvalue weighted by Crippen LogP contribution is 2.31. The van der Waals surface area contributed by atoms with Crippen LogP contribution >= 0.6 is 0 Å². The van der Waals surface area contributed by atoms with Crippen LogP contribution in [0.25, 0.3) is 0 Å². The molecule has 1 atom stereocenters. The molecule has 1 rings (SSSR count). The molecular weight excluding hydrogens is 234 g/mol. The maximum atomic E-state index is 9.59. The number of para-hydroxylation sites is 1. The number of nitrogens with one attached hydrogen (secondary N) is 1. The molecule has 102 valence electrons. The molecule has 0 aromatic heterocycles. The van der Waals surface area contributed by atoms with E-state index in [9.17, 15) is 5.11 Å². The van der Waals surface area contributed by atoms with Gasteiger partial charge in [0.2, 0.25) is 0 Å². The molecule has 0 saturated heterocycles. The van der Waals surface area contributed by atoms with E-state index < -0.39 is 6.10 Å².